The molecule has 4 nitrogen and oxygen atoms in total. The van der Waals surface area contributed by atoms with E-state index in [2.05, 4.69) is 4.90 Å². The molecule has 2 N–H and O–H groups in total. The first kappa shape index (κ1) is 11.0. The summed E-state index contributed by atoms with van der Waals surface area (Å²) in [6.07, 6.45) is 4.53. The molecule has 0 aromatic rings. The Balaban J connectivity index is 1.63. The van der Waals surface area contributed by atoms with Gasteiger partial charge in [-0.05, 0) is 19.3 Å². The summed E-state index contributed by atoms with van der Waals surface area (Å²) in [5.74, 6) is 0. The lowest BCUT2D eigenvalue weighted by molar-refractivity contribution is -0.104. The van der Waals surface area contributed by atoms with Crippen LogP contribution < -0.4 is 5.73 Å². The molecule has 3 aliphatic heterocycles. The molecule has 2 unspecified atom stereocenters. The third-order valence-corrected chi connectivity index (χ3v) is 4.31. The largest absolute Gasteiger partial charge is 0.378 e. The van der Waals surface area contributed by atoms with E-state index in [0.717, 1.165) is 52.0 Å². The molecule has 3 atom stereocenters. The van der Waals surface area contributed by atoms with Crippen molar-refractivity contribution in [3.63, 3.8) is 0 Å². The average Bonchev–Trinajstić information content (AvgIpc) is 2.89. The molecule has 0 amide bonds. The minimum atomic E-state index is 0.0373. The summed E-state index contributed by atoms with van der Waals surface area (Å²) in [6, 6.07) is 1.06. The fourth-order valence-corrected chi connectivity index (χ4v) is 3.32. The van der Waals surface area contributed by atoms with Gasteiger partial charge in [0.25, 0.3) is 0 Å². The zero-order valence-electron chi connectivity index (χ0n) is 9.86. The SMILES string of the molecule is N[C@H]1CCN(C2CCOC3(CCOC3)C2)C1. The highest BCUT2D eigenvalue weighted by Crippen LogP contribution is 2.35. The van der Waals surface area contributed by atoms with Gasteiger partial charge < -0.3 is 15.2 Å². The lowest BCUT2D eigenvalue weighted by Crippen LogP contribution is -2.49. The van der Waals surface area contributed by atoms with Crippen LogP contribution in [0.3, 0.4) is 0 Å². The number of rotatable bonds is 1. The Morgan fingerprint density at radius 2 is 2.19 bits per heavy atom. The van der Waals surface area contributed by atoms with Gasteiger partial charge in [0.15, 0.2) is 0 Å². The first-order chi connectivity index (χ1) is 7.77. The summed E-state index contributed by atoms with van der Waals surface area (Å²) in [6.45, 7) is 4.79. The second kappa shape index (κ2) is 4.26. The van der Waals surface area contributed by atoms with Gasteiger partial charge in [0.2, 0.25) is 0 Å². The summed E-state index contributed by atoms with van der Waals surface area (Å²) in [5, 5.41) is 0. The van der Waals surface area contributed by atoms with E-state index in [1.54, 1.807) is 0 Å². The Morgan fingerprint density at radius 3 is 2.88 bits per heavy atom. The topological polar surface area (TPSA) is 47.7 Å². The van der Waals surface area contributed by atoms with Crippen molar-refractivity contribution < 1.29 is 9.47 Å². The summed E-state index contributed by atoms with van der Waals surface area (Å²) in [7, 11) is 0. The van der Waals surface area contributed by atoms with Gasteiger partial charge in [-0.2, -0.15) is 0 Å². The van der Waals surface area contributed by atoms with Crippen molar-refractivity contribution >= 4 is 0 Å². The Hall–Kier alpha value is -0.160. The van der Waals surface area contributed by atoms with Crippen molar-refractivity contribution in [2.45, 2.75) is 43.4 Å². The standard InChI is InChI=1S/C12H22N2O2/c13-10-1-4-14(8-10)11-2-5-16-12(7-11)3-6-15-9-12/h10-11H,1-9,13H2/t10-,11?,12?/m0/s1. The van der Waals surface area contributed by atoms with Gasteiger partial charge in [0, 0.05) is 44.8 Å². The number of nitrogens with zero attached hydrogens (tertiary/aromatic N) is 1. The average molecular weight is 226 g/mol. The molecule has 92 valence electrons. The zero-order chi connectivity index (χ0) is 11.0. The van der Waals surface area contributed by atoms with Gasteiger partial charge in [-0.1, -0.05) is 0 Å². The maximum Gasteiger partial charge on any atom is 0.0951 e. The molecular formula is C12H22N2O2. The second-order valence-electron chi connectivity index (χ2n) is 5.52. The van der Waals surface area contributed by atoms with Gasteiger partial charge in [-0.15, -0.1) is 0 Å². The smallest absolute Gasteiger partial charge is 0.0951 e. The first-order valence-electron chi connectivity index (χ1n) is 6.49. The minimum absolute atomic E-state index is 0.0373. The molecule has 0 aromatic heterocycles. The quantitative estimate of drug-likeness (QED) is 0.701. The van der Waals surface area contributed by atoms with Crippen LogP contribution in [0.1, 0.15) is 25.7 Å². The summed E-state index contributed by atoms with van der Waals surface area (Å²) in [5.41, 5.74) is 6.02. The predicted octanol–water partition coefficient (Wildman–Crippen LogP) is 0.357. The molecule has 3 rings (SSSR count). The normalized spacial score (nSPS) is 45.6. The fraction of sp³-hybridized carbons (Fsp3) is 1.00. The zero-order valence-corrected chi connectivity index (χ0v) is 9.86. The molecule has 0 saturated carbocycles. The van der Waals surface area contributed by atoms with E-state index in [-0.39, 0.29) is 5.60 Å². The van der Waals surface area contributed by atoms with E-state index in [1.807, 2.05) is 0 Å². The lowest BCUT2D eigenvalue weighted by atomic mass is 9.89. The van der Waals surface area contributed by atoms with Crippen molar-refractivity contribution in [1.29, 1.82) is 0 Å². The van der Waals surface area contributed by atoms with Crippen molar-refractivity contribution in [3.05, 3.63) is 0 Å². The molecule has 16 heavy (non-hydrogen) atoms. The van der Waals surface area contributed by atoms with Crippen LogP contribution in [0, 0.1) is 0 Å². The number of nitrogens with two attached hydrogens (primary N) is 1. The van der Waals surface area contributed by atoms with Crippen LogP contribution in [0.15, 0.2) is 0 Å². The van der Waals surface area contributed by atoms with Crippen LogP contribution in [0.2, 0.25) is 0 Å². The molecule has 3 saturated heterocycles. The van der Waals surface area contributed by atoms with Gasteiger partial charge in [-0.25, -0.2) is 0 Å². The molecule has 0 aromatic carbocycles. The van der Waals surface area contributed by atoms with Gasteiger partial charge in [0.1, 0.15) is 0 Å². The van der Waals surface area contributed by atoms with Crippen LogP contribution in [0.5, 0.6) is 0 Å². The molecule has 1 spiro atoms. The van der Waals surface area contributed by atoms with Gasteiger partial charge in [-0.3, -0.25) is 4.90 Å². The van der Waals surface area contributed by atoms with Gasteiger partial charge >= 0.3 is 0 Å². The molecule has 3 aliphatic rings. The number of likely N-dealkylation sites (tertiary alicyclic amines) is 1. The Kier molecular flexibility index (Phi) is 2.92. The second-order valence-corrected chi connectivity index (χ2v) is 5.52. The fourth-order valence-electron chi connectivity index (χ4n) is 3.32. The van der Waals surface area contributed by atoms with Crippen LogP contribution in [-0.2, 0) is 9.47 Å². The minimum Gasteiger partial charge on any atom is -0.378 e. The summed E-state index contributed by atoms with van der Waals surface area (Å²) >= 11 is 0. The van der Waals surface area contributed by atoms with E-state index >= 15 is 0 Å². The molecule has 3 fully saturated rings. The molecule has 0 bridgehead atoms. The molecule has 4 heteroatoms. The van der Waals surface area contributed by atoms with Crippen molar-refractivity contribution in [2.75, 3.05) is 32.9 Å². The highest BCUT2D eigenvalue weighted by atomic mass is 16.6. The van der Waals surface area contributed by atoms with E-state index in [9.17, 15) is 0 Å². The number of ether oxygens (including phenoxy) is 2. The Morgan fingerprint density at radius 1 is 1.25 bits per heavy atom. The first-order valence-corrected chi connectivity index (χ1v) is 6.49. The van der Waals surface area contributed by atoms with Crippen molar-refractivity contribution in [2.24, 2.45) is 5.73 Å². The molecule has 0 radical (unpaired) electrons. The van der Waals surface area contributed by atoms with Crippen molar-refractivity contribution in [3.8, 4) is 0 Å². The number of hydrogen-bond donors (Lipinski definition) is 1. The van der Waals surface area contributed by atoms with Crippen molar-refractivity contribution in [1.82, 2.24) is 4.90 Å². The summed E-state index contributed by atoms with van der Waals surface area (Å²) < 4.78 is 11.5. The monoisotopic (exact) mass is 226 g/mol. The molecule has 0 aliphatic carbocycles. The lowest BCUT2D eigenvalue weighted by Gasteiger charge is -2.40. The van der Waals surface area contributed by atoms with Crippen LogP contribution in [0.25, 0.3) is 0 Å². The maximum atomic E-state index is 5.98. The molecular weight excluding hydrogens is 204 g/mol. The highest BCUT2D eigenvalue weighted by molar-refractivity contribution is 4.95. The van der Waals surface area contributed by atoms with Crippen LogP contribution >= 0.6 is 0 Å². The van der Waals surface area contributed by atoms with E-state index in [4.69, 9.17) is 15.2 Å². The predicted molar refractivity (Wildman–Crippen MR) is 61.3 cm³/mol. The van der Waals surface area contributed by atoms with E-state index in [0.29, 0.717) is 12.1 Å². The maximum absolute atomic E-state index is 5.98. The Bertz CT molecular complexity index is 253. The molecule has 3 heterocycles. The van der Waals surface area contributed by atoms with Crippen LogP contribution in [-0.4, -0.2) is 55.5 Å². The summed E-state index contributed by atoms with van der Waals surface area (Å²) in [4.78, 5) is 2.56. The number of hydrogen-bond acceptors (Lipinski definition) is 4. The third kappa shape index (κ3) is 1.99. The van der Waals surface area contributed by atoms with Gasteiger partial charge in [0.05, 0.1) is 12.2 Å². The highest BCUT2D eigenvalue weighted by Gasteiger charge is 2.43. The third-order valence-electron chi connectivity index (χ3n) is 4.31. The van der Waals surface area contributed by atoms with Crippen LogP contribution in [0.4, 0.5) is 0 Å². The van der Waals surface area contributed by atoms with E-state index in [1.165, 1.54) is 6.54 Å². The Labute approximate surface area is 97.1 Å². The van der Waals surface area contributed by atoms with E-state index < -0.39 is 0 Å².